The van der Waals surface area contributed by atoms with E-state index in [-0.39, 0.29) is 28.3 Å². The summed E-state index contributed by atoms with van der Waals surface area (Å²) in [5.74, 6) is -0.0709. The average molecular weight is 664 g/mol. The number of hydrogen-bond acceptors (Lipinski definition) is 7. The lowest BCUT2D eigenvalue weighted by Gasteiger charge is -2.21. The molecule has 3 amide bonds. The summed E-state index contributed by atoms with van der Waals surface area (Å²) in [5, 5.41) is 6.88. The van der Waals surface area contributed by atoms with Crippen LogP contribution in [0.15, 0.2) is 66.0 Å². The van der Waals surface area contributed by atoms with Gasteiger partial charge in [-0.2, -0.15) is 31.3 Å². The number of halogens is 6. The van der Waals surface area contributed by atoms with Gasteiger partial charge in [-0.15, -0.1) is 5.10 Å². The minimum atomic E-state index is -4.52. The van der Waals surface area contributed by atoms with E-state index >= 15 is 0 Å². The number of carbonyl (C=O) groups excluding carboxylic acids is 2. The molecule has 0 radical (unpaired) electrons. The first kappa shape index (κ1) is 32.6. The molecule has 0 bridgehead atoms. The Hall–Kier alpha value is -4.77. The molecule has 1 fully saturated rings. The minimum Gasteiger partial charge on any atom is -0.367 e. The van der Waals surface area contributed by atoms with Crippen molar-refractivity contribution in [2.45, 2.75) is 32.8 Å². The molecule has 4 aromatic rings. The van der Waals surface area contributed by atoms with Crippen LogP contribution in [0.5, 0.6) is 0 Å². The summed E-state index contributed by atoms with van der Waals surface area (Å²) < 4.78 is 82.6. The lowest BCUT2D eigenvalue weighted by atomic mass is 10.1. The van der Waals surface area contributed by atoms with E-state index in [9.17, 15) is 35.9 Å². The number of alkyl halides is 6. The Morgan fingerprint density at radius 3 is 2.46 bits per heavy atom. The normalized spacial score (nSPS) is 14.7. The number of urea groups is 1. The molecule has 0 saturated carbocycles. The van der Waals surface area contributed by atoms with Gasteiger partial charge in [0.2, 0.25) is 5.91 Å². The first-order valence-electron chi connectivity index (χ1n) is 13.3. The third kappa shape index (κ3) is 7.71. The van der Waals surface area contributed by atoms with Gasteiger partial charge in [0, 0.05) is 17.3 Å². The number of ether oxygens (including phenoxy) is 1. The summed E-state index contributed by atoms with van der Waals surface area (Å²) in [5.41, 5.74) is 1.83. The van der Waals surface area contributed by atoms with Crippen molar-refractivity contribution in [3.8, 4) is 17.1 Å². The predicted octanol–water partition coefficient (Wildman–Crippen LogP) is 6.71. The second-order valence-electron chi connectivity index (χ2n) is 10.0. The number of anilines is 2. The number of amidine groups is 1. The molecule has 5 rings (SSSR count). The number of benzene rings is 2. The van der Waals surface area contributed by atoms with Crippen molar-refractivity contribution >= 4 is 40.4 Å². The number of nitrogens with zero attached hydrogens (tertiary/aromatic N) is 6. The van der Waals surface area contributed by atoms with E-state index in [0.29, 0.717) is 22.4 Å². The van der Waals surface area contributed by atoms with Crippen LogP contribution in [0.2, 0.25) is 0 Å². The van der Waals surface area contributed by atoms with Gasteiger partial charge in [-0.1, -0.05) is 23.9 Å². The van der Waals surface area contributed by atoms with Crippen LogP contribution in [0.1, 0.15) is 22.3 Å². The smallest absolute Gasteiger partial charge is 0.367 e. The van der Waals surface area contributed by atoms with Crippen molar-refractivity contribution in [2.75, 3.05) is 22.6 Å². The van der Waals surface area contributed by atoms with Crippen LogP contribution in [-0.2, 0) is 22.3 Å². The van der Waals surface area contributed by atoms with Gasteiger partial charge in [-0.25, -0.2) is 19.4 Å². The van der Waals surface area contributed by atoms with Crippen LogP contribution in [0, 0.1) is 13.8 Å². The van der Waals surface area contributed by atoms with Crippen molar-refractivity contribution in [1.29, 1.82) is 0 Å². The number of amides is 3. The lowest BCUT2D eigenvalue weighted by molar-refractivity contribution is -0.176. The van der Waals surface area contributed by atoms with E-state index in [1.165, 1.54) is 34.2 Å². The maximum atomic E-state index is 12.9. The quantitative estimate of drug-likeness (QED) is 0.219. The topological polar surface area (TPSA) is 115 Å². The highest BCUT2D eigenvalue weighted by Gasteiger charge is 2.33. The van der Waals surface area contributed by atoms with Gasteiger partial charge in [-0.05, 0) is 61.4 Å². The number of rotatable bonds is 7. The van der Waals surface area contributed by atoms with E-state index < -0.39 is 43.1 Å². The van der Waals surface area contributed by atoms with E-state index in [2.05, 4.69) is 25.4 Å². The van der Waals surface area contributed by atoms with Crippen LogP contribution >= 0.6 is 11.8 Å². The summed E-state index contributed by atoms with van der Waals surface area (Å²) in [7, 11) is 0. The molecule has 0 unspecified atom stereocenters. The van der Waals surface area contributed by atoms with Gasteiger partial charge in [-0.3, -0.25) is 15.0 Å². The summed E-state index contributed by atoms with van der Waals surface area (Å²) >= 11 is 0.991. The molecule has 1 saturated heterocycles. The zero-order valence-electron chi connectivity index (χ0n) is 24.0. The maximum absolute atomic E-state index is 12.9. The summed E-state index contributed by atoms with van der Waals surface area (Å²) in [6.45, 7) is 1.52. The maximum Gasteiger partial charge on any atom is 0.416 e. The number of aliphatic imine (C=N–C) groups is 1. The van der Waals surface area contributed by atoms with Gasteiger partial charge in [0.1, 0.15) is 18.8 Å². The molecule has 2 aromatic carbocycles. The summed E-state index contributed by atoms with van der Waals surface area (Å²) in [6, 6.07) is 10.0. The Morgan fingerprint density at radius 1 is 1.04 bits per heavy atom. The molecule has 1 N–H and O–H groups in total. The van der Waals surface area contributed by atoms with E-state index in [4.69, 9.17) is 4.74 Å². The molecule has 1 aliphatic rings. The SMILES string of the molecule is Cc1ccc(COCC(F)(F)F)c(N2C(=O)CSC2=NC(=O)Nc2ncc(-c3ncn(-c4ccc(C(F)(F)F)cc4)n3)cc2C)c1. The largest absolute Gasteiger partial charge is 0.416 e. The van der Waals surface area contributed by atoms with Gasteiger partial charge in [0.25, 0.3) is 0 Å². The fraction of sp³-hybridized carbons (Fsp3) is 0.241. The molecule has 0 spiro atoms. The first-order valence-corrected chi connectivity index (χ1v) is 14.3. The highest BCUT2D eigenvalue weighted by Crippen LogP contribution is 2.32. The molecule has 10 nitrogen and oxygen atoms in total. The molecule has 1 aliphatic heterocycles. The number of nitrogens with one attached hydrogen (secondary N) is 1. The van der Waals surface area contributed by atoms with Crippen molar-refractivity contribution in [3.63, 3.8) is 0 Å². The zero-order chi connectivity index (χ0) is 33.2. The van der Waals surface area contributed by atoms with Crippen molar-refractivity contribution in [2.24, 2.45) is 4.99 Å². The number of carbonyl (C=O) groups is 2. The molecule has 46 heavy (non-hydrogen) atoms. The molecule has 0 atom stereocenters. The highest BCUT2D eigenvalue weighted by atomic mass is 32.2. The Morgan fingerprint density at radius 2 is 1.78 bits per heavy atom. The molecule has 240 valence electrons. The van der Waals surface area contributed by atoms with Gasteiger partial charge < -0.3 is 4.74 Å². The van der Waals surface area contributed by atoms with Crippen molar-refractivity contribution in [3.05, 3.63) is 83.3 Å². The van der Waals surface area contributed by atoms with Gasteiger partial charge in [0.05, 0.1) is 29.3 Å². The Labute approximate surface area is 261 Å². The molecule has 3 heterocycles. The van der Waals surface area contributed by atoms with E-state index in [1.54, 1.807) is 38.1 Å². The van der Waals surface area contributed by atoms with Crippen LogP contribution in [0.25, 0.3) is 17.1 Å². The third-order valence-corrected chi connectivity index (χ3v) is 7.40. The molecule has 17 heteroatoms. The minimum absolute atomic E-state index is 0.0254. The summed E-state index contributed by atoms with van der Waals surface area (Å²) in [4.78, 5) is 39.3. The second kappa shape index (κ2) is 12.9. The van der Waals surface area contributed by atoms with Crippen LogP contribution in [0.3, 0.4) is 0 Å². The third-order valence-electron chi connectivity index (χ3n) is 6.48. The highest BCUT2D eigenvalue weighted by molar-refractivity contribution is 8.15. The van der Waals surface area contributed by atoms with Crippen LogP contribution in [-0.4, -0.2) is 55.4 Å². The Kier molecular flexibility index (Phi) is 9.16. The monoisotopic (exact) mass is 663 g/mol. The number of hydrogen-bond donors (Lipinski definition) is 1. The second-order valence-corrected chi connectivity index (χ2v) is 11.0. The van der Waals surface area contributed by atoms with Crippen LogP contribution in [0.4, 0.5) is 42.6 Å². The molecular weight excluding hydrogens is 640 g/mol. The zero-order valence-corrected chi connectivity index (χ0v) is 24.8. The number of thioether (sulfide) groups is 1. The van der Waals surface area contributed by atoms with Gasteiger partial charge in [0.15, 0.2) is 11.0 Å². The number of aromatic nitrogens is 4. The Balaban J connectivity index is 1.30. The van der Waals surface area contributed by atoms with E-state index in [1.807, 2.05) is 0 Å². The van der Waals surface area contributed by atoms with Crippen molar-refractivity contribution < 1.29 is 40.7 Å². The molecular formula is C29H23F6N7O3S. The van der Waals surface area contributed by atoms with E-state index in [0.717, 1.165) is 29.5 Å². The first-order chi connectivity index (χ1) is 21.7. The van der Waals surface area contributed by atoms with Crippen LogP contribution < -0.4 is 10.2 Å². The number of aryl methyl sites for hydroxylation is 2. The summed E-state index contributed by atoms with van der Waals surface area (Å²) in [6.07, 6.45) is -6.25. The number of pyridine rings is 1. The van der Waals surface area contributed by atoms with Crippen molar-refractivity contribution in [1.82, 2.24) is 19.7 Å². The Bertz CT molecular complexity index is 1810. The average Bonchev–Trinajstić information content (AvgIpc) is 3.61. The lowest BCUT2D eigenvalue weighted by Crippen LogP contribution is -2.31. The fourth-order valence-electron chi connectivity index (χ4n) is 4.33. The predicted molar refractivity (Wildman–Crippen MR) is 158 cm³/mol. The molecule has 0 aliphatic carbocycles. The molecule has 2 aromatic heterocycles. The standard InChI is InChI=1S/C29H23F6N7O3S/c1-16-3-4-18(12-45-14-28(30,31)32)22(9-16)42-23(43)13-46-27(42)39-26(44)38-24-17(2)10-19(11-36-24)25-37-15-41(40-25)21-7-5-20(6-8-21)29(33,34)35/h3-11,15H,12-14H2,1-2H3,(H,36,38,44). The fourth-order valence-corrected chi connectivity index (χ4v) is 5.19. The van der Waals surface area contributed by atoms with Gasteiger partial charge >= 0.3 is 18.4 Å².